The van der Waals surface area contributed by atoms with Gasteiger partial charge in [-0.3, -0.25) is 19.6 Å². The Bertz CT molecular complexity index is 1610. The standard InChI is InChI=1S/C30H18F4N4O4/c31-23-25(33)28(42-22-10-2-8-20(14-22)38-30(40)18-6-4-12-36-16-18)26(34)24(32)27(23)41-21-9-1-7-19(13-21)37-29(39)17-5-3-11-35-15-17/h1-16H,(H,37,39)(H,38,40). The van der Waals surface area contributed by atoms with E-state index >= 15 is 0 Å². The Morgan fingerprint density at radius 1 is 0.571 bits per heavy atom. The fraction of sp³-hybridized carbons (Fsp3) is 0. The van der Waals surface area contributed by atoms with Gasteiger partial charge in [0.1, 0.15) is 11.5 Å². The molecule has 42 heavy (non-hydrogen) atoms. The van der Waals surface area contributed by atoms with E-state index in [-0.39, 0.29) is 34.0 Å². The fourth-order valence-corrected chi connectivity index (χ4v) is 3.68. The van der Waals surface area contributed by atoms with E-state index in [1.807, 2.05) is 0 Å². The van der Waals surface area contributed by atoms with Crippen molar-refractivity contribution in [1.82, 2.24) is 9.97 Å². The van der Waals surface area contributed by atoms with Crippen molar-refractivity contribution >= 4 is 23.2 Å². The van der Waals surface area contributed by atoms with Crippen LogP contribution in [0, 0.1) is 23.3 Å². The Balaban J connectivity index is 1.34. The first kappa shape index (κ1) is 27.8. The van der Waals surface area contributed by atoms with Crippen LogP contribution in [0.1, 0.15) is 20.7 Å². The van der Waals surface area contributed by atoms with Crippen molar-refractivity contribution < 1.29 is 36.6 Å². The zero-order valence-electron chi connectivity index (χ0n) is 21.3. The van der Waals surface area contributed by atoms with E-state index in [9.17, 15) is 27.2 Å². The van der Waals surface area contributed by atoms with Gasteiger partial charge in [0.05, 0.1) is 11.1 Å². The van der Waals surface area contributed by atoms with Gasteiger partial charge in [-0.15, -0.1) is 0 Å². The van der Waals surface area contributed by atoms with E-state index in [1.54, 1.807) is 12.1 Å². The minimum absolute atomic E-state index is 0.179. The van der Waals surface area contributed by atoms with Crippen molar-refractivity contribution in [3.05, 3.63) is 132 Å². The summed E-state index contributed by atoms with van der Waals surface area (Å²) in [5.74, 6) is -11.6. The molecule has 2 heterocycles. The van der Waals surface area contributed by atoms with Crippen LogP contribution in [0.4, 0.5) is 28.9 Å². The third-order valence-corrected chi connectivity index (χ3v) is 5.65. The summed E-state index contributed by atoms with van der Waals surface area (Å²) in [6.45, 7) is 0. The first-order valence-corrected chi connectivity index (χ1v) is 12.1. The Morgan fingerprint density at radius 2 is 0.976 bits per heavy atom. The molecule has 0 aliphatic heterocycles. The van der Waals surface area contributed by atoms with Crippen molar-refractivity contribution in [1.29, 1.82) is 0 Å². The molecule has 8 nitrogen and oxygen atoms in total. The predicted octanol–water partition coefficient (Wildman–Crippen LogP) is 7.12. The van der Waals surface area contributed by atoms with Gasteiger partial charge in [0.25, 0.3) is 11.8 Å². The smallest absolute Gasteiger partial charge is 0.257 e. The lowest BCUT2D eigenvalue weighted by molar-refractivity contribution is 0.101. The number of rotatable bonds is 8. The number of ether oxygens (including phenoxy) is 2. The minimum atomic E-state index is -1.85. The molecule has 0 fully saturated rings. The van der Waals surface area contributed by atoms with E-state index in [0.29, 0.717) is 0 Å². The van der Waals surface area contributed by atoms with Crippen molar-refractivity contribution in [3.8, 4) is 23.0 Å². The maximum absolute atomic E-state index is 14.9. The van der Waals surface area contributed by atoms with Crippen molar-refractivity contribution in [2.45, 2.75) is 0 Å². The lowest BCUT2D eigenvalue weighted by atomic mass is 10.2. The normalized spacial score (nSPS) is 10.6. The lowest BCUT2D eigenvalue weighted by Gasteiger charge is -2.14. The molecular weight excluding hydrogens is 556 g/mol. The van der Waals surface area contributed by atoms with Gasteiger partial charge >= 0.3 is 0 Å². The molecule has 210 valence electrons. The second-order valence-electron chi connectivity index (χ2n) is 8.57. The zero-order chi connectivity index (χ0) is 29.6. The van der Waals surface area contributed by atoms with Gasteiger partial charge in [-0.25, -0.2) is 0 Å². The largest absolute Gasteiger partial charge is 0.451 e. The number of nitrogens with one attached hydrogen (secondary N) is 2. The number of halogens is 4. The molecule has 0 aliphatic rings. The molecule has 0 saturated carbocycles. The second-order valence-corrected chi connectivity index (χ2v) is 8.57. The summed E-state index contributed by atoms with van der Waals surface area (Å²) in [5.41, 5.74) is 0.862. The monoisotopic (exact) mass is 574 g/mol. The summed E-state index contributed by atoms with van der Waals surface area (Å²) in [4.78, 5) is 32.4. The van der Waals surface area contributed by atoms with E-state index in [2.05, 4.69) is 20.6 Å². The number of hydrogen-bond acceptors (Lipinski definition) is 6. The first-order chi connectivity index (χ1) is 20.3. The summed E-state index contributed by atoms with van der Waals surface area (Å²) in [7, 11) is 0. The van der Waals surface area contributed by atoms with Gasteiger partial charge in [0, 0.05) is 48.3 Å². The summed E-state index contributed by atoms with van der Waals surface area (Å²) < 4.78 is 70.0. The number of carbonyl (C=O) groups excluding carboxylic acids is 2. The van der Waals surface area contributed by atoms with Crippen molar-refractivity contribution in [2.24, 2.45) is 0 Å². The van der Waals surface area contributed by atoms with Crippen LogP contribution in [0.5, 0.6) is 23.0 Å². The van der Waals surface area contributed by atoms with Crippen LogP contribution in [-0.2, 0) is 0 Å². The number of nitrogens with zero attached hydrogens (tertiary/aromatic N) is 2. The zero-order valence-corrected chi connectivity index (χ0v) is 21.3. The van der Waals surface area contributed by atoms with Crippen molar-refractivity contribution in [2.75, 3.05) is 10.6 Å². The van der Waals surface area contributed by atoms with Crippen LogP contribution in [0.15, 0.2) is 97.6 Å². The van der Waals surface area contributed by atoms with Gasteiger partial charge in [-0.2, -0.15) is 17.6 Å². The molecule has 0 spiro atoms. The average Bonchev–Trinajstić information content (AvgIpc) is 3.02. The van der Waals surface area contributed by atoms with Crippen LogP contribution in [0.3, 0.4) is 0 Å². The third kappa shape index (κ3) is 6.17. The SMILES string of the molecule is O=C(Nc1cccc(Oc2c(F)c(F)c(Oc3cccc(NC(=O)c4cccnc4)c3)c(F)c2F)c1)c1cccnc1. The van der Waals surface area contributed by atoms with Crippen LogP contribution in [-0.4, -0.2) is 21.8 Å². The number of carbonyl (C=O) groups is 2. The van der Waals surface area contributed by atoms with Crippen LogP contribution < -0.4 is 20.1 Å². The number of anilines is 2. The van der Waals surface area contributed by atoms with Crippen LogP contribution in [0.25, 0.3) is 0 Å². The third-order valence-electron chi connectivity index (χ3n) is 5.65. The average molecular weight is 574 g/mol. The second kappa shape index (κ2) is 12.2. The highest BCUT2D eigenvalue weighted by molar-refractivity contribution is 6.04. The molecule has 2 amide bonds. The van der Waals surface area contributed by atoms with Gasteiger partial charge in [-0.05, 0) is 48.5 Å². The highest BCUT2D eigenvalue weighted by Crippen LogP contribution is 2.39. The van der Waals surface area contributed by atoms with Gasteiger partial charge < -0.3 is 20.1 Å². The molecule has 0 saturated heterocycles. The van der Waals surface area contributed by atoms with Crippen LogP contribution >= 0.6 is 0 Å². The summed E-state index contributed by atoms with van der Waals surface area (Å²) in [6.07, 6.45) is 5.66. The van der Waals surface area contributed by atoms with Gasteiger partial charge in [-0.1, -0.05) is 12.1 Å². The molecule has 3 aromatic carbocycles. The number of pyridine rings is 2. The maximum atomic E-state index is 14.9. The summed E-state index contributed by atoms with van der Waals surface area (Å²) in [6, 6.07) is 16.9. The molecule has 0 radical (unpaired) electrons. The fourth-order valence-electron chi connectivity index (χ4n) is 3.68. The number of benzene rings is 3. The number of amides is 2. The van der Waals surface area contributed by atoms with Gasteiger partial charge in [0.15, 0.2) is 0 Å². The Kier molecular flexibility index (Phi) is 8.05. The Hall–Kier alpha value is -5.78. The predicted molar refractivity (Wildman–Crippen MR) is 144 cm³/mol. The Labute approximate surface area is 235 Å². The summed E-state index contributed by atoms with van der Waals surface area (Å²) >= 11 is 0. The highest BCUT2D eigenvalue weighted by Gasteiger charge is 2.29. The topological polar surface area (TPSA) is 102 Å². The molecule has 0 aliphatic carbocycles. The lowest BCUT2D eigenvalue weighted by Crippen LogP contribution is -2.12. The summed E-state index contributed by atoms with van der Waals surface area (Å²) in [5, 5.41) is 5.11. The van der Waals surface area contributed by atoms with Gasteiger partial charge in [0.2, 0.25) is 34.8 Å². The molecule has 5 aromatic rings. The van der Waals surface area contributed by atoms with Crippen LogP contribution in [0.2, 0.25) is 0 Å². The molecular formula is C30H18F4N4O4. The quantitative estimate of drug-likeness (QED) is 0.151. The molecule has 2 N–H and O–H groups in total. The number of aromatic nitrogens is 2. The first-order valence-electron chi connectivity index (χ1n) is 12.1. The molecule has 0 bridgehead atoms. The molecule has 5 rings (SSSR count). The highest BCUT2D eigenvalue weighted by atomic mass is 19.2. The van der Waals surface area contributed by atoms with E-state index in [0.717, 1.165) is 0 Å². The molecule has 2 aromatic heterocycles. The number of hydrogen-bond donors (Lipinski definition) is 2. The maximum Gasteiger partial charge on any atom is 0.257 e. The van der Waals surface area contributed by atoms with E-state index in [4.69, 9.17) is 9.47 Å². The molecule has 0 unspecified atom stereocenters. The van der Waals surface area contributed by atoms with Crippen molar-refractivity contribution in [3.63, 3.8) is 0 Å². The Morgan fingerprint density at radius 3 is 1.33 bits per heavy atom. The van der Waals surface area contributed by atoms with E-state index in [1.165, 1.54) is 85.5 Å². The minimum Gasteiger partial charge on any atom is -0.451 e. The van der Waals surface area contributed by atoms with E-state index < -0.39 is 46.6 Å². The molecule has 12 heteroatoms. The molecule has 0 atom stereocenters.